The summed E-state index contributed by atoms with van der Waals surface area (Å²) in [5.41, 5.74) is 19.5. The van der Waals surface area contributed by atoms with Crippen molar-refractivity contribution in [1.29, 1.82) is 0 Å². The Labute approximate surface area is 734 Å². The molecule has 63 heteroatoms. The van der Waals surface area contributed by atoms with Gasteiger partial charge in [0.05, 0.1) is 82.3 Å². The molecule has 14 rings (SSSR count). The first-order chi connectivity index (χ1) is 58.8. The summed E-state index contributed by atoms with van der Waals surface area (Å²) >= 11 is 31.8. The fraction of sp³-hybridized carbons (Fsp3) is 0.581. The van der Waals surface area contributed by atoms with Crippen LogP contribution in [0.15, 0.2) is 77.3 Å². The average Bonchev–Trinajstić information content (AvgIpc) is 1.64. The lowest BCUT2D eigenvalue weighted by Gasteiger charge is -2.28. The highest BCUT2D eigenvalue weighted by molar-refractivity contribution is 8.44. The number of nitrogen functional groups attached to an aromatic ring is 4. The van der Waals surface area contributed by atoms with Gasteiger partial charge in [0.15, 0.2) is 22.6 Å². The fourth-order valence-electron chi connectivity index (χ4n) is 14.5. The van der Waals surface area contributed by atoms with Crippen LogP contribution in [0.2, 0.25) is 0 Å². The van der Waals surface area contributed by atoms with Gasteiger partial charge in [-0.05, 0) is 93.2 Å². The van der Waals surface area contributed by atoms with E-state index in [4.69, 9.17) is 165 Å². The molecule has 6 aliphatic rings. The molecule has 0 radical (unpaired) electrons. The van der Waals surface area contributed by atoms with E-state index in [-0.39, 0.29) is 84.2 Å². The second-order valence-corrected chi connectivity index (χ2v) is 46.2. The normalized spacial score (nSPS) is 29.4. The van der Waals surface area contributed by atoms with Crippen molar-refractivity contribution < 1.29 is 112 Å². The number of ether oxygens (including phenoxy) is 6. The molecule has 0 spiro atoms. The Balaban J connectivity index is 0.669. The SMILES string of the molecule is CC[C@H]1O[C@@H](n2cnc3c(N)ncnc32)C[C@H]1OP(O)(=S)OC[C@H]1O[C@@H](n2cc(C)c(=O)[nH]c2=O)C[C@H]1OP(O)(=S)OC[C@H]1O[C@@H](n2cc(C)c(=O)[nH]c2=O)C[C@H]1OP(O)(=S)OC[C@H]1O[C@@H](n2cc(C)c(N)nc2=O)C[C@H]1OP(O)(=S)OC[C@H]1O[C@@H](n2cnc3c(=O)[nH]c(N)nc32)C[C@H]1OP(=O)(S)OC[C@H]1O[C@@H](n2cc(C)c(N)nc2=O)C[C@H]1OP(O)(=S)OC. The number of H-pyrrole nitrogens is 3. The quantitative estimate of drug-likeness (QED) is 0.0197. The smallest absolute Gasteiger partial charge is 0.383 e. The lowest BCUT2D eigenvalue weighted by Crippen LogP contribution is -2.33. The summed E-state index contributed by atoms with van der Waals surface area (Å²) in [4.78, 5) is 186. The number of aryl methyl sites for hydroxylation is 4. The van der Waals surface area contributed by atoms with Gasteiger partial charge in [-0.1, -0.05) is 19.2 Å². The highest BCUT2D eigenvalue weighted by Gasteiger charge is 2.51. The molecule has 8 aromatic heterocycles. The molecule has 0 bridgehead atoms. The number of fused-ring (bicyclic) bond motifs is 2. The maximum absolute atomic E-state index is 14.6. The van der Waals surface area contributed by atoms with Crippen LogP contribution in [0.5, 0.6) is 0 Å². The Kier molecular flexibility index (Phi) is 29.1. The van der Waals surface area contributed by atoms with Gasteiger partial charge < -0.3 is 121 Å². The predicted molar refractivity (Wildman–Crippen MR) is 456 cm³/mol. The molecule has 16 N–H and O–H groups in total. The van der Waals surface area contributed by atoms with Gasteiger partial charge in [-0.2, -0.15) is 15.0 Å². The molecule has 0 saturated carbocycles. The van der Waals surface area contributed by atoms with Gasteiger partial charge in [0.2, 0.25) is 5.95 Å². The molecule has 6 unspecified atom stereocenters. The van der Waals surface area contributed by atoms with Crippen molar-refractivity contribution in [2.75, 3.05) is 63.1 Å². The number of imidazole rings is 2. The second-order valence-electron chi connectivity index (χ2n) is 29.2. The van der Waals surface area contributed by atoms with Crippen molar-refractivity contribution in [2.24, 2.45) is 0 Å². The van der Waals surface area contributed by atoms with Crippen molar-refractivity contribution in [3.63, 3.8) is 0 Å². The summed E-state index contributed by atoms with van der Waals surface area (Å²) in [6.07, 6.45) is -14.2. The van der Waals surface area contributed by atoms with E-state index in [0.29, 0.717) is 28.7 Å². The minimum atomic E-state index is -4.72. The second kappa shape index (κ2) is 38.1. The number of hydrogen-bond donors (Lipinski definition) is 13. The van der Waals surface area contributed by atoms with Crippen LogP contribution in [-0.2, 0) is 146 Å². The lowest BCUT2D eigenvalue weighted by atomic mass is 10.1. The zero-order valence-corrected chi connectivity index (χ0v) is 76.4. The number of thiol groups is 1. The molecule has 684 valence electrons. The summed E-state index contributed by atoms with van der Waals surface area (Å²) in [6, 6.07) is 0. The monoisotopic (exact) mass is 1980 g/mol. The van der Waals surface area contributed by atoms with Gasteiger partial charge in [-0.25, -0.2) is 43.7 Å². The van der Waals surface area contributed by atoms with Crippen LogP contribution >= 0.6 is 52.6 Å². The zero-order chi connectivity index (χ0) is 90.1. The molecule has 8 aromatic rings. The summed E-state index contributed by atoms with van der Waals surface area (Å²) in [5, 5.41) is 0. The van der Waals surface area contributed by atoms with Gasteiger partial charge >= 0.3 is 63.1 Å². The molecular formula is C62H84N20O31P6S6. The zero-order valence-electron chi connectivity index (χ0n) is 66.1. The molecular weight excluding hydrogens is 1900 g/mol. The minimum absolute atomic E-state index is 0.0391. The number of hydrogen-bond acceptors (Lipinski definition) is 42. The first-order valence-electron chi connectivity index (χ1n) is 37.6. The minimum Gasteiger partial charge on any atom is -0.383 e. The Hall–Kier alpha value is -5.87. The van der Waals surface area contributed by atoms with Crippen molar-refractivity contribution >= 4 is 157 Å². The van der Waals surface area contributed by atoms with Gasteiger partial charge in [0.25, 0.3) is 16.7 Å². The first kappa shape index (κ1) is 95.2. The molecule has 14 heterocycles. The largest absolute Gasteiger partial charge is 0.386 e. The van der Waals surface area contributed by atoms with E-state index in [0.717, 1.165) is 25.4 Å². The molecule has 6 aliphatic heterocycles. The number of aromatic amines is 3. The van der Waals surface area contributed by atoms with Crippen LogP contribution in [0.3, 0.4) is 0 Å². The molecule has 24 atom stereocenters. The highest BCUT2D eigenvalue weighted by atomic mass is 32.7. The maximum Gasteiger partial charge on any atom is 0.386 e. The van der Waals surface area contributed by atoms with Gasteiger partial charge in [-0.15, -0.1) is 0 Å². The van der Waals surface area contributed by atoms with E-state index in [1.54, 1.807) is 18.4 Å². The van der Waals surface area contributed by atoms with Crippen LogP contribution < -0.4 is 62.4 Å². The Morgan fingerprint density at radius 3 is 1.16 bits per heavy atom. The molecule has 6 saturated heterocycles. The van der Waals surface area contributed by atoms with Crippen molar-refractivity contribution in [2.45, 2.75) is 190 Å². The molecule has 0 aromatic carbocycles. The topological polar surface area (TPSA) is 675 Å². The summed E-state index contributed by atoms with van der Waals surface area (Å²) in [5.74, 6) is -0.314. The van der Waals surface area contributed by atoms with Gasteiger partial charge in [0.1, 0.15) is 97.5 Å². The lowest BCUT2D eigenvalue weighted by molar-refractivity contribution is -0.0569. The molecule has 0 aliphatic carbocycles. The summed E-state index contributed by atoms with van der Waals surface area (Å²) in [6.45, 7) is -22.8. The van der Waals surface area contributed by atoms with Crippen molar-refractivity contribution in [3.8, 4) is 0 Å². The number of rotatable bonds is 35. The first-order valence-corrected chi connectivity index (χ1v) is 53.2. The number of aromatic nitrogens is 16. The molecule has 51 nitrogen and oxygen atoms in total. The predicted octanol–water partition coefficient (Wildman–Crippen LogP) is 1.43. The summed E-state index contributed by atoms with van der Waals surface area (Å²) in [7, 11) is 1.11. The van der Waals surface area contributed by atoms with E-state index in [9.17, 15) is 62.6 Å². The van der Waals surface area contributed by atoms with Gasteiger partial charge in [0, 0.05) is 92.7 Å². The van der Waals surface area contributed by atoms with Crippen LogP contribution in [0, 0.1) is 27.7 Å². The van der Waals surface area contributed by atoms with E-state index in [1.165, 1.54) is 62.2 Å². The highest BCUT2D eigenvalue weighted by Crippen LogP contribution is 2.60. The number of anilines is 4. The standard InChI is InChI=1S/C62H84N20O31P6S6/c1-7-30-31(8-46(102-30)81-24-69-48-52(65)67-23-68-53(48)81)109-115(91,121)97-19-39-34(11-44(105-39)79-16-28(4)55(83)75-61(79)88)111-117(93,123)100-21-40-35(12-45(106-40)80-17-29(5)56(84)76-62(80)89)112-116(92,122)99-20-38-33(10-43(104-38)78-15-27(3)51(64)72-60(78)87)110-118(94,124)101-22-41-36(13-47(107-41)82-25-70-49-54(82)73-58(66)74-57(49)85)113-119(95,125)98-18-37-32(108-114(90,120)96-6)9-42(103-37)77-14-26(2)50(63)71-59(77)86/h14-17,23-25,30-47H,7-13,18-22H2,1-6H3,(H,90,120)(H,91,121)(H,92,122)(H,93,123)(H,94,124)(H,95,125)(H2,63,71,86)(H2,64,72,87)(H2,65,67,68)(H,75,83,88)(H,76,84,89)(H3,66,73,74,85)/t30-,31-,32-,33-,34-,35-,36-,37-,38-,39-,40-,41-,42-,43-,44-,45-,46-,47-,114?,115?,116?,117?,118?,119?/m1/s1. The molecule has 125 heavy (non-hydrogen) atoms. The van der Waals surface area contributed by atoms with Crippen LogP contribution in [0.1, 0.15) is 111 Å². The third-order valence-corrected chi connectivity index (χ3v) is 30.4. The van der Waals surface area contributed by atoms with Crippen LogP contribution in [0.4, 0.5) is 23.4 Å². The third kappa shape index (κ3) is 22.3. The maximum atomic E-state index is 14.6. The number of nitrogens with zero attached hydrogens (tertiary/aromatic N) is 13. The van der Waals surface area contributed by atoms with E-state index in [1.807, 2.05) is 6.92 Å². The Morgan fingerprint density at radius 1 is 0.424 bits per heavy atom. The Bertz CT molecular complexity index is 6190. The van der Waals surface area contributed by atoms with Crippen molar-refractivity contribution in [1.82, 2.24) is 77.2 Å². The molecule has 0 amide bonds. The van der Waals surface area contributed by atoms with Crippen LogP contribution in [-0.4, -0.2) is 215 Å². The van der Waals surface area contributed by atoms with E-state index >= 15 is 0 Å². The third-order valence-electron chi connectivity index (χ3n) is 20.7. The fourth-order valence-corrected chi connectivity index (χ4v) is 22.9. The summed E-state index contributed by atoms with van der Waals surface area (Å²) < 4.78 is 131. The van der Waals surface area contributed by atoms with Crippen LogP contribution in [0.25, 0.3) is 22.3 Å². The van der Waals surface area contributed by atoms with E-state index < -0.39 is 223 Å². The van der Waals surface area contributed by atoms with E-state index in [2.05, 4.69) is 62.1 Å². The van der Waals surface area contributed by atoms with Crippen molar-refractivity contribution in [3.05, 3.63) is 139 Å². The van der Waals surface area contributed by atoms with Gasteiger partial charge in [-0.3, -0.25) is 65.8 Å². The number of nitrogens with two attached hydrogens (primary N) is 4. The number of nitrogens with one attached hydrogen (secondary N) is 3. The Morgan fingerprint density at radius 2 is 0.760 bits per heavy atom. The molecule has 6 fully saturated rings. The average molecular weight is 1980 g/mol.